The molecule has 1 atom stereocenters. The number of rotatable bonds is 2. The number of amides is 1. The van der Waals surface area contributed by atoms with E-state index >= 15 is 0 Å². The zero-order valence-corrected chi connectivity index (χ0v) is 13.4. The van der Waals surface area contributed by atoms with Crippen molar-refractivity contribution in [2.45, 2.75) is 25.4 Å². The van der Waals surface area contributed by atoms with Crippen molar-refractivity contribution in [2.75, 3.05) is 13.1 Å². The van der Waals surface area contributed by atoms with E-state index in [0.717, 1.165) is 41.8 Å². The van der Waals surface area contributed by atoms with E-state index in [1.807, 2.05) is 24.3 Å². The van der Waals surface area contributed by atoms with Crippen LogP contribution in [0.4, 0.5) is 0 Å². The molecule has 5 nitrogen and oxygen atoms in total. The van der Waals surface area contributed by atoms with E-state index in [9.17, 15) is 4.79 Å². The second kappa shape index (κ2) is 5.31. The lowest BCUT2D eigenvalue weighted by molar-refractivity contribution is 0.0293. The zero-order valence-electron chi connectivity index (χ0n) is 13.4. The zero-order chi connectivity index (χ0) is 16.1. The van der Waals surface area contributed by atoms with E-state index in [-0.39, 0.29) is 12.1 Å². The molecule has 5 heterocycles. The Morgan fingerprint density at radius 1 is 1.17 bits per heavy atom. The van der Waals surface area contributed by atoms with Crippen LogP contribution in [0.2, 0.25) is 0 Å². The van der Waals surface area contributed by atoms with Crippen LogP contribution in [0.15, 0.2) is 40.9 Å². The van der Waals surface area contributed by atoms with Gasteiger partial charge in [-0.1, -0.05) is 18.2 Å². The number of piperidine rings is 3. The van der Waals surface area contributed by atoms with Crippen molar-refractivity contribution in [3.05, 3.63) is 42.2 Å². The van der Waals surface area contributed by atoms with Crippen molar-refractivity contribution in [1.29, 1.82) is 0 Å². The van der Waals surface area contributed by atoms with Gasteiger partial charge in [0, 0.05) is 36.1 Å². The summed E-state index contributed by atoms with van der Waals surface area (Å²) in [4.78, 5) is 19.3. The third-order valence-electron chi connectivity index (χ3n) is 5.44. The largest absolute Gasteiger partial charge is 0.456 e. The molecule has 3 fully saturated rings. The number of hydrogen-bond donors (Lipinski definition) is 1. The van der Waals surface area contributed by atoms with Gasteiger partial charge in [0.25, 0.3) is 5.91 Å². The molecule has 5 heteroatoms. The summed E-state index contributed by atoms with van der Waals surface area (Å²) in [7, 11) is 0. The monoisotopic (exact) mass is 321 g/mol. The summed E-state index contributed by atoms with van der Waals surface area (Å²) < 4.78 is 5.85. The molecule has 1 amide bonds. The van der Waals surface area contributed by atoms with E-state index in [2.05, 4.69) is 15.2 Å². The fourth-order valence-electron chi connectivity index (χ4n) is 4.09. The van der Waals surface area contributed by atoms with Crippen LogP contribution in [-0.2, 0) is 0 Å². The van der Waals surface area contributed by atoms with Gasteiger partial charge in [-0.15, -0.1) is 0 Å². The lowest BCUT2D eigenvalue weighted by Crippen LogP contribution is -2.56. The predicted octanol–water partition coefficient (Wildman–Crippen LogP) is 3.15. The fourth-order valence-corrected chi connectivity index (χ4v) is 4.09. The molecule has 1 unspecified atom stereocenters. The molecule has 122 valence electrons. The van der Waals surface area contributed by atoms with Crippen molar-refractivity contribution in [2.24, 2.45) is 5.92 Å². The second-order valence-corrected chi connectivity index (χ2v) is 6.87. The van der Waals surface area contributed by atoms with Crippen LogP contribution in [0.3, 0.4) is 0 Å². The number of furan rings is 1. The topological polar surface area (TPSA) is 58.4 Å². The molecule has 2 bridgehead atoms. The predicted molar refractivity (Wildman–Crippen MR) is 91.7 cm³/mol. The molecule has 2 aromatic heterocycles. The third kappa shape index (κ3) is 2.19. The van der Waals surface area contributed by atoms with Gasteiger partial charge in [0.15, 0.2) is 0 Å². The lowest BCUT2D eigenvalue weighted by Gasteiger charge is -2.45. The summed E-state index contributed by atoms with van der Waals surface area (Å²) >= 11 is 0. The summed E-state index contributed by atoms with van der Waals surface area (Å²) in [5, 5.41) is 5.12. The number of nitrogens with one attached hydrogen (secondary N) is 1. The van der Waals surface area contributed by atoms with E-state index in [0.29, 0.717) is 11.3 Å². The first kappa shape index (κ1) is 14.0. The Kier molecular flexibility index (Phi) is 3.10. The number of fused-ring (bicyclic) bond motifs is 6. The van der Waals surface area contributed by atoms with Gasteiger partial charge in [-0.25, -0.2) is 0 Å². The molecule has 3 aromatic rings. The van der Waals surface area contributed by atoms with E-state index in [1.54, 1.807) is 12.3 Å². The molecular weight excluding hydrogens is 302 g/mol. The first-order chi connectivity index (χ1) is 11.8. The highest BCUT2D eigenvalue weighted by Crippen LogP contribution is 2.31. The summed E-state index contributed by atoms with van der Waals surface area (Å²) in [5.74, 6) is 0.640. The molecule has 0 spiro atoms. The van der Waals surface area contributed by atoms with E-state index < -0.39 is 0 Å². The Balaban J connectivity index is 1.43. The molecule has 1 N–H and O–H groups in total. The molecule has 3 aliphatic rings. The number of para-hydroxylation sites is 1. The van der Waals surface area contributed by atoms with Crippen molar-refractivity contribution in [1.82, 2.24) is 15.2 Å². The van der Waals surface area contributed by atoms with Crippen molar-refractivity contribution in [3.63, 3.8) is 0 Å². The van der Waals surface area contributed by atoms with Gasteiger partial charge in [0.2, 0.25) is 0 Å². The quantitative estimate of drug-likeness (QED) is 0.788. The molecule has 0 aliphatic carbocycles. The van der Waals surface area contributed by atoms with Crippen LogP contribution in [0, 0.1) is 5.92 Å². The number of aromatic nitrogens is 1. The second-order valence-electron chi connectivity index (χ2n) is 6.87. The van der Waals surface area contributed by atoms with Crippen LogP contribution in [0.5, 0.6) is 0 Å². The minimum Gasteiger partial charge on any atom is -0.456 e. The number of carbonyl (C=O) groups excluding carboxylic acids is 1. The molecule has 24 heavy (non-hydrogen) atoms. The molecule has 6 rings (SSSR count). The number of carbonyl (C=O) groups is 1. The first-order valence-electron chi connectivity index (χ1n) is 8.60. The molecular formula is C19H19N3O2. The van der Waals surface area contributed by atoms with Crippen molar-refractivity contribution < 1.29 is 9.21 Å². The van der Waals surface area contributed by atoms with Gasteiger partial charge in [-0.3, -0.25) is 14.7 Å². The average Bonchev–Trinajstić information content (AvgIpc) is 3.00. The van der Waals surface area contributed by atoms with Crippen LogP contribution in [0.1, 0.15) is 29.8 Å². The van der Waals surface area contributed by atoms with Crippen LogP contribution in [0.25, 0.3) is 21.9 Å². The maximum absolute atomic E-state index is 12.6. The number of pyridine rings is 1. The number of benzene rings is 1. The fraction of sp³-hybridized carbons (Fsp3) is 0.368. The van der Waals surface area contributed by atoms with Gasteiger partial charge in [0.05, 0.1) is 6.17 Å². The standard InChI is InChI=1S/C19H19N3O2/c23-19(21-18-9-12-5-7-22(18)8-6-12)15-10-17-14(11-20-15)13-3-1-2-4-16(13)24-17/h1-4,10-12,18H,5-9H2,(H,21,23). The van der Waals surface area contributed by atoms with Crippen LogP contribution < -0.4 is 5.32 Å². The Morgan fingerprint density at radius 2 is 2.00 bits per heavy atom. The minimum atomic E-state index is -0.116. The summed E-state index contributed by atoms with van der Waals surface area (Å²) in [5.41, 5.74) is 1.95. The SMILES string of the molecule is O=C(NC1CC2CCN1CC2)c1cc2oc3ccccc3c2cn1. The molecule has 3 saturated heterocycles. The van der Waals surface area contributed by atoms with Crippen molar-refractivity contribution in [3.8, 4) is 0 Å². The Hall–Kier alpha value is -2.40. The highest BCUT2D eigenvalue weighted by Gasteiger charge is 2.34. The first-order valence-corrected chi connectivity index (χ1v) is 8.60. The molecule has 1 aromatic carbocycles. The van der Waals surface area contributed by atoms with Gasteiger partial charge in [-0.2, -0.15) is 0 Å². The van der Waals surface area contributed by atoms with Crippen LogP contribution >= 0.6 is 0 Å². The normalized spacial score (nSPS) is 26.1. The third-order valence-corrected chi connectivity index (χ3v) is 5.44. The van der Waals surface area contributed by atoms with Crippen molar-refractivity contribution >= 4 is 27.8 Å². The van der Waals surface area contributed by atoms with E-state index in [4.69, 9.17) is 4.42 Å². The minimum absolute atomic E-state index is 0.116. The smallest absolute Gasteiger partial charge is 0.271 e. The average molecular weight is 321 g/mol. The molecule has 0 saturated carbocycles. The molecule has 3 aliphatic heterocycles. The number of nitrogens with zero attached hydrogens (tertiary/aromatic N) is 2. The number of hydrogen-bond acceptors (Lipinski definition) is 4. The highest BCUT2D eigenvalue weighted by atomic mass is 16.3. The summed E-state index contributed by atoms with van der Waals surface area (Å²) in [6.07, 6.45) is 5.46. The van der Waals surface area contributed by atoms with Gasteiger partial charge >= 0.3 is 0 Å². The maximum atomic E-state index is 12.6. The Bertz CT molecular complexity index is 925. The van der Waals surface area contributed by atoms with Crippen LogP contribution in [-0.4, -0.2) is 35.0 Å². The maximum Gasteiger partial charge on any atom is 0.271 e. The lowest BCUT2D eigenvalue weighted by atomic mass is 9.86. The summed E-state index contributed by atoms with van der Waals surface area (Å²) in [6, 6.07) is 9.61. The van der Waals surface area contributed by atoms with E-state index in [1.165, 1.54) is 12.8 Å². The summed E-state index contributed by atoms with van der Waals surface area (Å²) in [6.45, 7) is 2.18. The molecule has 0 radical (unpaired) electrons. The van der Waals surface area contributed by atoms with Gasteiger partial charge in [-0.05, 0) is 31.2 Å². The van der Waals surface area contributed by atoms with Gasteiger partial charge < -0.3 is 9.73 Å². The Labute approximate surface area is 139 Å². The highest BCUT2D eigenvalue weighted by molar-refractivity contribution is 6.06. The van der Waals surface area contributed by atoms with Gasteiger partial charge in [0.1, 0.15) is 16.9 Å². The Morgan fingerprint density at radius 3 is 2.79 bits per heavy atom.